The van der Waals surface area contributed by atoms with Crippen LogP contribution in [0, 0.1) is 0 Å². The number of likely N-dealkylation sites (N-methyl/N-ethyl adjacent to an activating group) is 1. The van der Waals surface area contributed by atoms with E-state index >= 15 is 0 Å². The molecule has 2 aromatic rings. The number of rotatable bonds is 7. The zero-order valence-electron chi connectivity index (χ0n) is 18.5. The van der Waals surface area contributed by atoms with Crippen LogP contribution in [0.2, 0.25) is 5.02 Å². The fourth-order valence-corrected chi connectivity index (χ4v) is 4.74. The SMILES string of the molecule is CCN(CC)c1ccc(/C=C/C2N(C)c3ccc(Cl)cc3C2(C)CC)c(OC)c1. The Kier molecular flexibility index (Phi) is 6.48. The second kappa shape index (κ2) is 8.71. The third-order valence-electron chi connectivity index (χ3n) is 6.56. The molecule has 0 saturated heterocycles. The molecule has 1 aliphatic rings. The Hall–Kier alpha value is -2.13. The molecule has 0 saturated carbocycles. The Morgan fingerprint density at radius 2 is 1.86 bits per heavy atom. The molecule has 0 radical (unpaired) electrons. The summed E-state index contributed by atoms with van der Waals surface area (Å²) in [4.78, 5) is 4.69. The van der Waals surface area contributed by atoms with E-state index in [1.807, 2.05) is 6.07 Å². The predicted octanol–water partition coefficient (Wildman–Crippen LogP) is 6.39. The second-order valence-electron chi connectivity index (χ2n) is 7.95. The summed E-state index contributed by atoms with van der Waals surface area (Å²) >= 11 is 6.32. The Morgan fingerprint density at radius 3 is 2.48 bits per heavy atom. The van der Waals surface area contributed by atoms with Crippen LogP contribution >= 0.6 is 11.6 Å². The van der Waals surface area contributed by atoms with Gasteiger partial charge in [0.1, 0.15) is 5.75 Å². The molecular formula is C25H33ClN2O. The van der Waals surface area contributed by atoms with E-state index in [2.05, 4.69) is 87.0 Å². The molecule has 2 unspecified atom stereocenters. The monoisotopic (exact) mass is 412 g/mol. The molecule has 3 rings (SSSR count). The molecule has 0 aromatic heterocycles. The minimum Gasteiger partial charge on any atom is -0.496 e. The molecule has 3 nitrogen and oxygen atoms in total. The van der Waals surface area contributed by atoms with E-state index in [4.69, 9.17) is 16.3 Å². The lowest BCUT2D eigenvalue weighted by Gasteiger charge is -2.32. The highest BCUT2D eigenvalue weighted by Crippen LogP contribution is 2.48. The molecule has 0 bridgehead atoms. The zero-order chi connectivity index (χ0) is 21.2. The number of halogens is 1. The van der Waals surface area contributed by atoms with Crippen LogP contribution in [0.1, 0.15) is 45.2 Å². The van der Waals surface area contributed by atoms with Crippen molar-refractivity contribution in [3.05, 3.63) is 58.6 Å². The lowest BCUT2D eigenvalue weighted by molar-refractivity contribution is 0.413. The first kappa shape index (κ1) is 21.6. The molecule has 4 heteroatoms. The molecule has 0 spiro atoms. The summed E-state index contributed by atoms with van der Waals surface area (Å²) in [6.07, 6.45) is 5.55. The summed E-state index contributed by atoms with van der Waals surface area (Å²) in [5.74, 6) is 0.907. The maximum Gasteiger partial charge on any atom is 0.128 e. The van der Waals surface area contributed by atoms with Gasteiger partial charge in [-0.25, -0.2) is 0 Å². The molecule has 2 atom stereocenters. The highest BCUT2D eigenvalue weighted by atomic mass is 35.5. The van der Waals surface area contributed by atoms with Gasteiger partial charge >= 0.3 is 0 Å². The number of hydrogen-bond acceptors (Lipinski definition) is 3. The van der Waals surface area contributed by atoms with Crippen molar-refractivity contribution >= 4 is 29.1 Å². The van der Waals surface area contributed by atoms with Crippen LogP contribution in [0.4, 0.5) is 11.4 Å². The van der Waals surface area contributed by atoms with Crippen molar-refractivity contribution in [2.45, 2.75) is 45.6 Å². The van der Waals surface area contributed by atoms with Gasteiger partial charge in [0.2, 0.25) is 0 Å². The third kappa shape index (κ3) is 3.85. The van der Waals surface area contributed by atoms with Crippen molar-refractivity contribution < 1.29 is 4.74 Å². The summed E-state index contributed by atoms with van der Waals surface area (Å²) in [5, 5.41) is 0.801. The van der Waals surface area contributed by atoms with Crippen LogP contribution in [-0.4, -0.2) is 33.3 Å². The first-order chi connectivity index (χ1) is 13.9. The lowest BCUT2D eigenvalue weighted by Crippen LogP contribution is -2.39. The average molecular weight is 413 g/mol. The van der Waals surface area contributed by atoms with Gasteiger partial charge < -0.3 is 14.5 Å². The van der Waals surface area contributed by atoms with Gasteiger partial charge in [0, 0.05) is 53.6 Å². The van der Waals surface area contributed by atoms with E-state index in [0.717, 1.165) is 35.8 Å². The first-order valence-corrected chi connectivity index (χ1v) is 10.9. The van der Waals surface area contributed by atoms with Crippen molar-refractivity contribution in [2.24, 2.45) is 0 Å². The molecule has 29 heavy (non-hydrogen) atoms. The van der Waals surface area contributed by atoms with Gasteiger partial charge in [-0.1, -0.05) is 37.6 Å². The van der Waals surface area contributed by atoms with Crippen LogP contribution in [0.25, 0.3) is 6.08 Å². The van der Waals surface area contributed by atoms with Crippen molar-refractivity contribution in [3.8, 4) is 5.75 Å². The summed E-state index contributed by atoms with van der Waals surface area (Å²) in [5.41, 5.74) is 4.90. The normalized spacial score (nSPS) is 20.9. The standard InChI is InChI=1S/C25H33ClN2O/c1-7-25(4)21-16-19(26)12-14-22(21)27(5)24(25)15-11-18-10-13-20(17-23(18)29-6)28(8-2)9-3/h10-17,24H,7-9H2,1-6H3/b15-11+. The largest absolute Gasteiger partial charge is 0.496 e. The summed E-state index contributed by atoms with van der Waals surface area (Å²) in [6.45, 7) is 10.9. The number of ether oxygens (including phenoxy) is 1. The van der Waals surface area contributed by atoms with Crippen molar-refractivity contribution in [3.63, 3.8) is 0 Å². The van der Waals surface area contributed by atoms with Gasteiger partial charge in [-0.2, -0.15) is 0 Å². The van der Waals surface area contributed by atoms with Crippen LogP contribution in [0.5, 0.6) is 5.75 Å². The van der Waals surface area contributed by atoms with Crippen LogP contribution in [0.15, 0.2) is 42.5 Å². The molecule has 1 heterocycles. The fraction of sp³-hybridized carbons (Fsp3) is 0.440. The number of nitrogens with zero attached hydrogens (tertiary/aromatic N) is 2. The molecule has 1 aliphatic heterocycles. The maximum atomic E-state index is 6.32. The molecule has 0 fully saturated rings. The minimum absolute atomic E-state index is 0.0138. The summed E-state index contributed by atoms with van der Waals surface area (Å²) in [6, 6.07) is 13.0. The van der Waals surface area contributed by atoms with E-state index in [9.17, 15) is 0 Å². The van der Waals surface area contributed by atoms with Gasteiger partial charge in [0.15, 0.2) is 0 Å². The average Bonchev–Trinajstić information content (AvgIpc) is 2.94. The highest BCUT2D eigenvalue weighted by molar-refractivity contribution is 6.30. The van der Waals surface area contributed by atoms with Gasteiger partial charge in [0.25, 0.3) is 0 Å². The van der Waals surface area contributed by atoms with Crippen LogP contribution in [-0.2, 0) is 5.41 Å². The smallest absolute Gasteiger partial charge is 0.128 e. The fourth-order valence-electron chi connectivity index (χ4n) is 4.57. The van der Waals surface area contributed by atoms with E-state index in [-0.39, 0.29) is 11.5 Å². The third-order valence-corrected chi connectivity index (χ3v) is 6.80. The molecule has 2 aromatic carbocycles. The first-order valence-electron chi connectivity index (χ1n) is 10.5. The number of hydrogen-bond donors (Lipinski definition) is 0. The maximum absolute atomic E-state index is 6.32. The zero-order valence-corrected chi connectivity index (χ0v) is 19.3. The highest BCUT2D eigenvalue weighted by Gasteiger charge is 2.43. The lowest BCUT2D eigenvalue weighted by atomic mass is 9.76. The number of anilines is 2. The molecular weight excluding hydrogens is 380 g/mol. The molecule has 0 aliphatic carbocycles. The number of fused-ring (bicyclic) bond motifs is 1. The Balaban J connectivity index is 1.95. The van der Waals surface area contributed by atoms with E-state index in [1.54, 1.807) is 7.11 Å². The molecule has 0 N–H and O–H groups in total. The van der Waals surface area contributed by atoms with Crippen molar-refractivity contribution in [2.75, 3.05) is 37.0 Å². The predicted molar refractivity (Wildman–Crippen MR) is 127 cm³/mol. The Labute approximate surface area is 180 Å². The second-order valence-corrected chi connectivity index (χ2v) is 8.38. The number of benzene rings is 2. The summed E-state index contributed by atoms with van der Waals surface area (Å²) in [7, 11) is 3.91. The van der Waals surface area contributed by atoms with Gasteiger partial charge in [0.05, 0.1) is 13.2 Å². The van der Waals surface area contributed by atoms with Gasteiger partial charge in [-0.15, -0.1) is 0 Å². The quantitative estimate of drug-likeness (QED) is 0.523. The minimum atomic E-state index is 0.0138. The molecule has 0 amide bonds. The topological polar surface area (TPSA) is 15.7 Å². The van der Waals surface area contributed by atoms with E-state index in [0.29, 0.717) is 0 Å². The van der Waals surface area contributed by atoms with Gasteiger partial charge in [-0.3, -0.25) is 0 Å². The summed E-state index contributed by atoms with van der Waals surface area (Å²) < 4.78 is 5.71. The number of methoxy groups -OCH3 is 1. The van der Waals surface area contributed by atoms with E-state index < -0.39 is 0 Å². The van der Waals surface area contributed by atoms with Gasteiger partial charge in [-0.05, 0) is 56.2 Å². The Bertz CT molecular complexity index is 890. The molecule has 156 valence electrons. The van der Waals surface area contributed by atoms with E-state index in [1.165, 1.54) is 16.9 Å². The van der Waals surface area contributed by atoms with Crippen LogP contribution < -0.4 is 14.5 Å². The van der Waals surface area contributed by atoms with Crippen LogP contribution in [0.3, 0.4) is 0 Å². The van der Waals surface area contributed by atoms with Crippen molar-refractivity contribution in [1.29, 1.82) is 0 Å². The van der Waals surface area contributed by atoms with Crippen molar-refractivity contribution in [1.82, 2.24) is 0 Å². The Morgan fingerprint density at radius 1 is 1.14 bits per heavy atom.